The number of ether oxygens (including phenoxy) is 2. The second-order valence-electron chi connectivity index (χ2n) is 4.48. The van der Waals surface area contributed by atoms with Crippen LogP contribution >= 0.6 is 27.3 Å². The highest BCUT2D eigenvalue weighted by Crippen LogP contribution is 2.41. The maximum Gasteiger partial charge on any atom is 0.163 e. The fourth-order valence-corrected chi connectivity index (χ4v) is 3.75. The minimum absolute atomic E-state index is 0.195. The molecule has 1 unspecified atom stereocenters. The quantitative estimate of drug-likeness (QED) is 0.715. The van der Waals surface area contributed by atoms with E-state index in [4.69, 9.17) is 9.47 Å². The molecule has 1 atom stereocenters. The average molecular weight is 359 g/mol. The number of thiophene rings is 1. The lowest BCUT2D eigenvalue weighted by atomic mass is 10.1. The highest BCUT2D eigenvalue weighted by atomic mass is 79.9. The molecule has 1 heterocycles. The van der Waals surface area contributed by atoms with E-state index in [-0.39, 0.29) is 10.6 Å². The molecule has 0 aliphatic rings. The van der Waals surface area contributed by atoms with Crippen LogP contribution in [0.5, 0.6) is 11.5 Å². The van der Waals surface area contributed by atoms with E-state index in [0.29, 0.717) is 17.1 Å². The molecule has 0 saturated heterocycles. The zero-order valence-corrected chi connectivity index (χ0v) is 14.2. The lowest BCUT2D eigenvalue weighted by Gasteiger charge is -2.14. The topological polar surface area (TPSA) is 18.5 Å². The summed E-state index contributed by atoms with van der Waals surface area (Å²) < 4.78 is 24.6. The van der Waals surface area contributed by atoms with Gasteiger partial charge in [-0.3, -0.25) is 0 Å². The van der Waals surface area contributed by atoms with Gasteiger partial charge >= 0.3 is 0 Å². The summed E-state index contributed by atoms with van der Waals surface area (Å²) in [5.74, 6) is 0.610. The van der Waals surface area contributed by atoms with Gasteiger partial charge in [0, 0.05) is 21.4 Å². The molecule has 20 heavy (non-hydrogen) atoms. The summed E-state index contributed by atoms with van der Waals surface area (Å²) in [7, 11) is 3.04. The van der Waals surface area contributed by atoms with Crippen LogP contribution in [0.3, 0.4) is 0 Å². The third kappa shape index (κ3) is 2.83. The summed E-state index contributed by atoms with van der Waals surface area (Å²) in [5, 5.41) is 0. The second kappa shape index (κ2) is 6.14. The van der Waals surface area contributed by atoms with Crippen molar-refractivity contribution in [1.82, 2.24) is 0 Å². The first-order chi connectivity index (χ1) is 9.47. The molecule has 2 rings (SSSR count). The van der Waals surface area contributed by atoms with E-state index in [1.807, 2.05) is 0 Å². The highest BCUT2D eigenvalue weighted by Gasteiger charge is 2.20. The Balaban J connectivity index is 2.46. The first kappa shape index (κ1) is 15.3. The Bertz CT molecular complexity index is 605. The summed E-state index contributed by atoms with van der Waals surface area (Å²) in [4.78, 5) is 2.12. The minimum Gasteiger partial charge on any atom is -0.493 e. The molecule has 0 saturated carbocycles. The van der Waals surface area contributed by atoms with Gasteiger partial charge in [0.2, 0.25) is 0 Å². The largest absolute Gasteiger partial charge is 0.493 e. The summed E-state index contributed by atoms with van der Waals surface area (Å²) >= 11 is 5.24. The molecule has 108 valence electrons. The summed E-state index contributed by atoms with van der Waals surface area (Å²) in [6.45, 7) is 4.12. The van der Waals surface area contributed by atoms with Gasteiger partial charge in [0.25, 0.3) is 0 Å². The molecule has 0 fully saturated rings. The molecule has 0 spiro atoms. The molecule has 0 bridgehead atoms. The van der Waals surface area contributed by atoms with Crippen LogP contribution in [-0.4, -0.2) is 14.2 Å². The smallest absolute Gasteiger partial charge is 0.163 e. The Morgan fingerprint density at radius 3 is 2.20 bits per heavy atom. The van der Waals surface area contributed by atoms with E-state index in [2.05, 4.69) is 35.8 Å². The standard InChI is InChI=1S/C15H16BrFO2S/c1-8-5-14(20-9(8)2)15(16)10-6-12(18-3)13(19-4)7-11(10)17/h5-7,15H,1-4H3. The summed E-state index contributed by atoms with van der Waals surface area (Å²) in [6, 6.07) is 5.11. The van der Waals surface area contributed by atoms with Crippen LogP contribution in [0.25, 0.3) is 0 Å². The number of benzene rings is 1. The van der Waals surface area contributed by atoms with Gasteiger partial charge in [-0.25, -0.2) is 4.39 Å². The Hall–Kier alpha value is -1.07. The Labute approximate surface area is 130 Å². The number of rotatable bonds is 4. The predicted octanol–water partition coefficient (Wildman–Crippen LogP) is 5.01. The minimum atomic E-state index is -0.312. The van der Waals surface area contributed by atoms with Crippen LogP contribution in [-0.2, 0) is 0 Å². The molecular weight excluding hydrogens is 343 g/mol. The van der Waals surface area contributed by atoms with E-state index < -0.39 is 0 Å². The average Bonchev–Trinajstić information content (AvgIpc) is 2.77. The molecule has 1 aromatic heterocycles. The molecule has 1 aromatic carbocycles. The number of hydrogen-bond acceptors (Lipinski definition) is 3. The maximum atomic E-state index is 14.2. The molecule has 0 N–H and O–H groups in total. The van der Waals surface area contributed by atoms with E-state index in [0.717, 1.165) is 4.88 Å². The highest BCUT2D eigenvalue weighted by molar-refractivity contribution is 9.09. The Morgan fingerprint density at radius 1 is 1.10 bits per heavy atom. The van der Waals surface area contributed by atoms with Gasteiger partial charge in [0.1, 0.15) is 5.82 Å². The van der Waals surface area contributed by atoms with Crippen molar-refractivity contribution in [3.63, 3.8) is 0 Å². The molecule has 5 heteroatoms. The van der Waals surface area contributed by atoms with Crippen molar-refractivity contribution in [2.24, 2.45) is 0 Å². The third-order valence-electron chi connectivity index (χ3n) is 3.21. The molecular formula is C15H16BrFO2S. The van der Waals surface area contributed by atoms with Crippen LogP contribution in [0.4, 0.5) is 4.39 Å². The van der Waals surface area contributed by atoms with Gasteiger partial charge in [-0.2, -0.15) is 0 Å². The van der Waals surface area contributed by atoms with Crippen LogP contribution in [0.1, 0.15) is 25.7 Å². The van der Waals surface area contributed by atoms with Gasteiger partial charge in [0.05, 0.1) is 19.0 Å². The van der Waals surface area contributed by atoms with E-state index in [1.54, 1.807) is 24.5 Å². The Morgan fingerprint density at radius 2 is 1.70 bits per heavy atom. The van der Waals surface area contributed by atoms with Crippen molar-refractivity contribution in [2.45, 2.75) is 18.7 Å². The maximum absolute atomic E-state index is 14.2. The number of aryl methyl sites for hydroxylation is 2. The fourth-order valence-electron chi connectivity index (χ4n) is 1.94. The van der Waals surface area contributed by atoms with Gasteiger partial charge in [-0.15, -0.1) is 11.3 Å². The number of alkyl halides is 1. The van der Waals surface area contributed by atoms with Gasteiger partial charge in [0.15, 0.2) is 11.5 Å². The number of hydrogen-bond donors (Lipinski definition) is 0. The molecule has 2 nitrogen and oxygen atoms in total. The van der Waals surface area contributed by atoms with Crippen molar-refractivity contribution in [1.29, 1.82) is 0 Å². The first-order valence-corrected chi connectivity index (χ1v) is 7.83. The fraction of sp³-hybridized carbons (Fsp3) is 0.333. The third-order valence-corrected chi connectivity index (χ3v) is 5.72. The van der Waals surface area contributed by atoms with Gasteiger partial charge < -0.3 is 9.47 Å². The van der Waals surface area contributed by atoms with Crippen LogP contribution in [0.2, 0.25) is 0 Å². The summed E-state index contributed by atoms with van der Waals surface area (Å²) in [5.41, 5.74) is 1.76. The second-order valence-corrected chi connectivity index (χ2v) is 6.68. The van der Waals surface area contributed by atoms with Crippen molar-refractivity contribution in [2.75, 3.05) is 14.2 Å². The molecule has 0 amide bonds. The van der Waals surface area contributed by atoms with Crippen molar-refractivity contribution in [3.8, 4) is 11.5 Å². The zero-order chi connectivity index (χ0) is 14.9. The predicted molar refractivity (Wildman–Crippen MR) is 84.1 cm³/mol. The molecule has 0 radical (unpaired) electrons. The van der Waals surface area contributed by atoms with Gasteiger partial charge in [-0.1, -0.05) is 15.9 Å². The van der Waals surface area contributed by atoms with Crippen molar-refractivity contribution in [3.05, 3.63) is 44.9 Å². The van der Waals surface area contributed by atoms with E-state index in [9.17, 15) is 4.39 Å². The Kier molecular flexibility index (Phi) is 4.70. The number of methoxy groups -OCH3 is 2. The van der Waals surface area contributed by atoms with E-state index in [1.165, 1.54) is 23.6 Å². The first-order valence-electron chi connectivity index (χ1n) is 6.10. The number of halogens is 2. The van der Waals surface area contributed by atoms with Crippen molar-refractivity contribution >= 4 is 27.3 Å². The normalized spacial score (nSPS) is 12.3. The molecule has 0 aliphatic heterocycles. The zero-order valence-electron chi connectivity index (χ0n) is 11.8. The SMILES string of the molecule is COc1cc(F)c(C(Br)c2cc(C)c(C)s2)cc1OC. The lowest BCUT2D eigenvalue weighted by Crippen LogP contribution is -1.99. The lowest BCUT2D eigenvalue weighted by molar-refractivity contribution is 0.351. The molecule has 0 aliphatic carbocycles. The monoisotopic (exact) mass is 358 g/mol. The van der Waals surface area contributed by atoms with Crippen LogP contribution in [0, 0.1) is 19.7 Å². The molecule has 2 aromatic rings. The van der Waals surface area contributed by atoms with Crippen molar-refractivity contribution < 1.29 is 13.9 Å². The van der Waals surface area contributed by atoms with Gasteiger partial charge in [-0.05, 0) is 31.5 Å². The van der Waals surface area contributed by atoms with E-state index >= 15 is 0 Å². The van der Waals surface area contributed by atoms with Crippen LogP contribution in [0.15, 0.2) is 18.2 Å². The summed E-state index contributed by atoms with van der Waals surface area (Å²) in [6.07, 6.45) is 0. The van der Waals surface area contributed by atoms with Crippen LogP contribution < -0.4 is 9.47 Å².